The van der Waals surface area contributed by atoms with Gasteiger partial charge >= 0.3 is 0 Å². The topological polar surface area (TPSA) is 29.3 Å². The first-order chi connectivity index (χ1) is 9.49. The van der Waals surface area contributed by atoms with Gasteiger partial charge in [0, 0.05) is 18.6 Å². The molecule has 120 valence electrons. The van der Waals surface area contributed by atoms with Gasteiger partial charge in [0.1, 0.15) is 0 Å². The van der Waals surface area contributed by atoms with E-state index in [-0.39, 0.29) is 12.4 Å². The molecule has 1 aliphatic heterocycles. The molecule has 0 amide bonds. The van der Waals surface area contributed by atoms with Crippen molar-refractivity contribution in [2.24, 2.45) is 11.7 Å². The van der Waals surface area contributed by atoms with Gasteiger partial charge in [-0.15, -0.1) is 12.4 Å². The third kappa shape index (κ3) is 4.70. The molecule has 1 saturated heterocycles. The zero-order valence-electron chi connectivity index (χ0n) is 13.9. The maximum Gasteiger partial charge on any atom is 0.0320 e. The van der Waals surface area contributed by atoms with E-state index in [1.54, 1.807) is 0 Å². The first kappa shape index (κ1) is 18.5. The SMILES string of the molecule is CC(C)c1ccc(C(C)N2CCCC(C(C)N)C2)cc1.Cl. The fourth-order valence-electron chi connectivity index (χ4n) is 3.19. The maximum atomic E-state index is 6.09. The molecule has 0 saturated carbocycles. The Balaban J connectivity index is 0.00000220. The number of likely N-dealkylation sites (tertiary alicyclic amines) is 1. The summed E-state index contributed by atoms with van der Waals surface area (Å²) in [7, 11) is 0. The molecule has 2 nitrogen and oxygen atoms in total. The Morgan fingerprint density at radius 2 is 1.62 bits per heavy atom. The number of hydrogen-bond acceptors (Lipinski definition) is 2. The van der Waals surface area contributed by atoms with Crippen LogP contribution in [0.5, 0.6) is 0 Å². The Labute approximate surface area is 136 Å². The number of piperidine rings is 1. The van der Waals surface area contributed by atoms with Gasteiger partial charge in [-0.2, -0.15) is 0 Å². The quantitative estimate of drug-likeness (QED) is 0.895. The number of hydrogen-bond donors (Lipinski definition) is 1. The van der Waals surface area contributed by atoms with Crippen LogP contribution >= 0.6 is 12.4 Å². The Bertz CT molecular complexity index is 414. The van der Waals surface area contributed by atoms with E-state index < -0.39 is 0 Å². The van der Waals surface area contributed by atoms with Crippen LogP contribution < -0.4 is 5.73 Å². The van der Waals surface area contributed by atoms with E-state index in [0.29, 0.717) is 23.9 Å². The number of halogens is 1. The molecule has 1 aliphatic rings. The molecule has 3 unspecified atom stereocenters. The zero-order chi connectivity index (χ0) is 14.7. The van der Waals surface area contributed by atoms with Gasteiger partial charge in [-0.05, 0) is 56.2 Å². The first-order valence-corrected chi connectivity index (χ1v) is 8.08. The van der Waals surface area contributed by atoms with Gasteiger partial charge in [-0.25, -0.2) is 0 Å². The van der Waals surface area contributed by atoms with Crippen LogP contribution in [0.4, 0.5) is 0 Å². The van der Waals surface area contributed by atoms with E-state index in [4.69, 9.17) is 5.73 Å². The van der Waals surface area contributed by atoms with Gasteiger partial charge in [0.05, 0.1) is 0 Å². The largest absolute Gasteiger partial charge is 0.328 e. The number of rotatable bonds is 4. The second-order valence-electron chi connectivity index (χ2n) is 6.75. The molecule has 1 aromatic rings. The van der Waals surface area contributed by atoms with Crippen LogP contribution in [0.3, 0.4) is 0 Å². The first-order valence-electron chi connectivity index (χ1n) is 8.08. The summed E-state index contributed by atoms with van der Waals surface area (Å²) >= 11 is 0. The molecule has 0 bridgehead atoms. The van der Waals surface area contributed by atoms with Crippen molar-refractivity contribution in [1.82, 2.24) is 4.90 Å². The molecule has 0 aliphatic carbocycles. The summed E-state index contributed by atoms with van der Waals surface area (Å²) in [6.07, 6.45) is 2.56. The monoisotopic (exact) mass is 310 g/mol. The summed E-state index contributed by atoms with van der Waals surface area (Å²) in [6, 6.07) is 9.98. The van der Waals surface area contributed by atoms with E-state index >= 15 is 0 Å². The van der Waals surface area contributed by atoms with E-state index in [2.05, 4.69) is 56.9 Å². The molecule has 3 atom stereocenters. The lowest BCUT2D eigenvalue weighted by molar-refractivity contribution is 0.121. The van der Waals surface area contributed by atoms with Crippen molar-refractivity contribution in [2.45, 2.75) is 58.5 Å². The summed E-state index contributed by atoms with van der Waals surface area (Å²) in [5.41, 5.74) is 8.95. The lowest BCUT2D eigenvalue weighted by Crippen LogP contribution is -2.43. The highest BCUT2D eigenvalue weighted by atomic mass is 35.5. The highest BCUT2D eigenvalue weighted by Gasteiger charge is 2.26. The summed E-state index contributed by atoms with van der Waals surface area (Å²) in [5, 5.41) is 0. The van der Waals surface area contributed by atoms with Gasteiger partial charge in [0.15, 0.2) is 0 Å². The standard InChI is InChI=1S/C18H30N2.ClH/c1-13(2)16-7-9-17(10-8-16)15(4)20-11-5-6-18(12-20)14(3)19;/h7-10,13-15,18H,5-6,11-12,19H2,1-4H3;1H. The molecule has 21 heavy (non-hydrogen) atoms. The van der Waals surface area contributed by atoms with Crippen LogP contribution in [-0.4, -0.2) is 24.0 Å². The third-order valence-electron chi connectivity index (χ3n) is 4.87. The Kier molecular flexibility index (Phi) is 7.19. The van der Waals surface area contributed by atoms with Crippen LogP contribution in [-0.2, 0) is 0 Å². The van der Waals surface area contributed by atoms with E-state index in [0.717, 1.165) is 6.54 Å². The van der Waals surface area contributed by atoms with Crippen LogP contribution in [0, 0.1) is 5.92 Å². The highest BCUT2D eigenvalue weighted by Crippen LogP contribution is 2.28. The molecule has 0 spiro atoms. The summed E-state index contributed by atoms with van der Waals surface area (Å²) < 4.78 is 0. The second kappa shape index (κ2) is 8.17. The minimum absolute atomic E-state index is 0. The van der Waals surface area contributed by atoms with Crippen molar-refractivity contribution < 1.29 is 0 Å². The average molecular weight is 311 g/mol. The predicted molar refractivity (Wildman–Crippen MR) is 94.1 cm³/mol. The van der Waals surface area contributed by atoms with Crippen LogP contribution in [0.1, 0.15) is 63.6 Å². The van der Waals surface area contributed by atoms with Crippen LogP contribution in [0.15, 0.2) is 24.3 Å². The van der Waals surface area contributed by atoms with Crippen molar-refractivity contribution in [1.29, 1.82) is 0 Å². The molecule has 3 heteroatoms. The zero-order valence-corrected chi connectivity index (χ0v) is 14.7. The molecule has 0 aromatic heterocycles. The van der Waals surface area contributed by atoms with Gasteiger partial charge in [-0.1, -0.05) is 38.1 Å². The molecular weight excluding hydrogens is 280 g/mol. The van der Waals surface area contributed by atoms with Crippen LogP contribution in [0.2, 0.25) is 0 Å². The minimum Gasteiger partial charge on any atom is -0.328 e. The minimum atomic E-state index is 0. The molecular formula is C18H31ClN2. The number of nitrogens with two attached hydrogens (primary N) is 1. The molecule has 1 fully saturated rings. The molecule has 1 aromatic carbocycles. The van der Waals surface area contributed by atoms with E-state index in [1.807, 2.05) is 0 Å². The van der Waals surface area contributed by atoms with E-state index in [1.165, 1.54) is 30.5 Å². The molecule has 2 rings (SSSR count). The average Bonchev–Trinajstić information content (AvgIpc) is 2.46. The predicted octanol–water partition coefficient (Wildman–Crippen LogP) is 4.35. The van der Waals surface area contributed by atoms with Crippen LogP contribution in [0.25, 0.3) is 0 Å². The fourth-order valence-corrected chi connectivity index (χ4v) is 3.19. The Morgan fingerprint density at radius 1 is 1.05 bits per heavy atom. The lowest BCUT2D eigenvalue weighted by Gasteiger charge is -2.38. The molecule has 1 heterocycles. The Hall–Kier alpha value is -0.570. The lowest BCUT2D eigenvalue weighted by atomic mass is 9.90. The summed E-state index contributed by atoms with van der Waals surface area (Å²) in [6.45, 7) is 11.3. The van der Waals surface area contributed by atoms with Gasteiger partial charge in [-0.3, -0.25) is 4.90 Å². The van der Waals surface area contributed by atoms with Crippen molar-refractivity contribution in [3.8, 4) is 0 Å². The van der Waals surface area contributed by atoms with Crippen molar-refractivity contribution >= 4 is 12.4 Å². The summed E-state index contributed by atoms with van der Waals surface area (Å²) in [4.78, 5) is 2.60. The second-order valence-corrected chi connectivity index (χ2v) is 6.75. The third-order valence-corrected chi connectivity index (χ3v) is 4.87. The summed E-state index contributed by atoms with van der Waals surface area (Å²) in [5.74, 6) is 1.26. The number of benzene rings is 1. The normalized spacial score (nSPS) is 22.7. The fraction of sp³-hybridized carbons (Fsp3) is 0.667. The van der Waals surface area contributed by atoms with Crippen molar-refractivity contribution in [3.05, 3.63) is 35.4 Å². The molecule has 0 radical (unpaired) electrons. The van der Waals surface area contributed by atoms with Gasteiger partial charge < -0.3 is 5.73 Å². The van der Waals surface area contributed by atoms with Gasteiger partial charge in [0.2, 0.25) is 0 Å². The molecule has 2 N–H and O–H groups in total. The smallest absolute Gasteiger partial charge is 0.0320 e. The van der Waals surface area contributed by atoms with Crippen molar-refractivity contribution in [3.63, 3.8) is 0 Å². The van der Waals surface area contributed by atoms with E-state index in [9.17, 15) is 0 Å². The maximum absolute atomic E-state index is 6.09. The van der Waals surface area contributed by atoms with Crippen molar-refractivity contribution in [2.75, 3.05) is 13.1 Å². The van der Waals surface area contributed by atoms with Gasteiger partial charge in [0.25, 0.3) is 0 Å². The Morgan fingerprint density at radius 3 is 2.14 bits per heavy atom. The number of nitrogens with zero attached hydrogens (tertiary/aromatic N) is 1. The highest BCUT2D eigenvalue weighted by molar-refractivity contribution is 5.85.